The normalized spacial score (nSPS) is 14.0. The SMILES string of the molecule is Cc1cccc(NC(=O)N2CCN(C(=O)c3ccc(S(=O)(=O)NCCC#N)cc3)CC2)c1. The van der Waals surface area contributed by atoms with Gasteiger partial charge in [-0.05, 0) is 48.9 Å². The minimum atomic E-state index is -3.72. The Hall–Kier alpha value is -3.42. The summed E-state index contributed by atoms with van der Waals surface area (Å²) in [7, 11) is -3.72. The Bertz CT molecular complexity index is 1120. The van der Waals surface area contributed by atoms with Gasteiger partial charge in [-0.3, -0.25) is 4.79 Å². The molecule has 1 saturated heterocycles. The molecule has 0 aromatic heterocycles. The van der Waals surface area contributed by atoms with E-state index in [4.69, 9.17) is 5.26 Å². The smallest absolute Gasteiger partial charge is 0.321 e. The summed E-state index contributed by atoms with van der Waals surface area (Å²) in [4.78, 5) is 28.6. The van der Waals surface area contributed by atoms with Crippen molar-refractivity contribution in [2.24, 2.45) is 0 Å². The summed E-state index contributed by atoms with van der Waals surface area (Å²) in [5.41, 5.74) is 2.15. The molecule has 3 rings (SSSR count). The highest BCUT2D eigenvalue weighted by molar-refractivity contribution is 7.89. The van der Waals surface area contributed by atoms with Crippen LogP contribution in [0.3, 0.4) is 0 Å². The standard InChI is InChI=1S/C22H25N5O4S/c1-17-4-2-5-19(16-17)25-22(29)27-14-12-26(13-15-27)21(28)18-6-8-20(9-7-18)32(30,31)24-11-3-10-23/h2,4-9,16,24H,3,11-15H2,1H3,(H,25,29). The topological polar surface area (TPSA) is 123 Å². The van der Waals surface area contributed by atoms with E-state index < -0.39 is 10.0 Å². The highest BCUT2D eigenvalue weighted by Gasteiger charge is 2.25. The number of rotatable bonds is 6. The Morgan fingerprint density at radius 1 is 1.03 bits per heavy atom. The minimum Gasteiger partial charge on any atom is -0.335 e. The molecule has 2 aromatic rings. The number of amides is 3. The second-order valence-corrected chi connectivity index (χ2v) is 9.18. The Balaban J connectivity index is 1.55. The molecule has 10 heteroatoms. The summed E-state index contributed by atoms with van der Waals surface area (Å²) in [6.45, 7) is 3.55. The van der Waals surface area contributed by atoms with Crippen LogP contribution in [0, 0.1) is 18.3 Å². The van der Waals surface area contributed by atoms with Gasteiger partial charge < -0.3 is 15.1 Å². The summed E-state index contributed by atoms with van der Waals surface area (Å²) in [5, 5.41) is 11.4. The van der Waals surface area contributed by atoms with E-state index in [0.717, 1.165) is 11.3 Å². The van der Waals surface area contributed by atoms with Crippen molar-refractivity contribution in [1.82, 2.24) is 14.5 Å². The van der Waals surface area contributed by atoms with Crippen molar-refractivity contribution in [2.45, 2.75) is 18.2 Å². The lowest BCUT2D eigenvalue weighted by Gasteiger charge is -2.34. The molecule has 0 radical (unpaired) electrons. The fraction of sp³-hybridized carbons (Fsp3) is 0.318. The van der Waals surface area contributed by atoms with Gasteiger partial charge in [0.2, 0.25) is 10.0 Å². The number of nitrogens with one attached hydrogen (secondary N) is 2. The second kappa shape index (κ2) is 10.3. The monoisotopic (exact) mass is 455 g/mol. The average Bonchev–Trinajstić information content (AvgIpc) is 2.79. The first-order valence-electron chi connectivity index (χ1n) is 10.2. The molecule has 0 aliphatic carbocycles. The van der Waals surface area contributed by atoms with Crippen molar-refractivity contribution < 1.29 is 18.0 Å². The number of carbonyl (C=O) groups excluding carboxylic acids is 2. The van der Waals surface area contributed by atoms with Gasteiger partial charge in [-0.25, -0.2) is 17.9 Å². The van der Waals surface area contributed by atoms with E-state index in [0.29, 0.717) is 31.7 Å². The molecule has 9 nitrogen and oxygen atoms in total. The number of sulfonamides is 1. The highest BCUT2D eigenvalue weighted by atomic mass is 32.2. The number of piperazine rings is 1. The van der Waals surface area contributed by atoms with Crippen molar-refractivity contribution in [2.75, 3.05) is 38.0 Å². The van der Waals surface area contributed by atoms with E-state index in [-0.39, 0.29) is 29.8 Å². The van der Waals surface area contributed by atoms with Crippen LogP contribution in [-0.2, 0) is 10.0 Å². The van der Waals surface area contributed by atoms with Crippen LogP contribution >= 0.6 is 0 Å². The zero-order chi connectivity index (χ0) is 23.1. The zero-order valence-electron chi connectivity index (χ0n) is 17.7. The van der Waals surface area contributed by atoms with Crippen LogP contribution in [0.15, 0.2) is 53.4 Å². The van der Waals surface area contributed by atoms with Gasteiger partial charge in [-0.1, -0.05) is 12.1 Å². The molecule has 1 aliphatic rings. The number of urea groups is 1. The Kier molecular flexibility index (Phi) is 7.45. The molecule has 32 heavy (non-hydrogen) atoms. The van der Waals surface area contributed by atoms with Gasteiger partial charge in [-0.15, -0.1) is 0 Å². The molecular formula is C22H25N5O4S. The van der Waals surface area contributed by atoms with Gasteiger partial charge in [0.15, 0.2) is 0 Å². The van der Waals surface area contributed by atoms with Crippen LogP contribution in [0.5, 0.6) is 0 Å². The molecule has 2 aromatic carbocycles. The van der Waals surface area contributed by atoms with Crippen molar-refractivity contribution in [3.05, 3.63) is 59.7 Å². The van der Waals surface area contributed by atoms with Crippen LogP contribution in [0.2, 0.25) is 0 Å². The van der Waals surface area contributed by atoms with Crippen molar-refractivity contribution in [3.63, 3.8) is 0 Å². The van der Waals surface area contributed by atoms with Crippen molar-refractivity contribution in [1.29, 1.82) is 5.26 Å². The zero-order valence-corrected chi connectivity index (χ0v) is 18.6. The first kappa shape index (κ1) is 23.2. The lowest BCUT2D eigenvalue weighted by molar-refractivity contribution is 0.0671. The van der Waals surface area contributed by atoms with Crippen molar-refractivity contribution in [3.8, 4) is 6.07 Å². The molecule has 0 unspecified atom stereocenters. The first-order valence-corrected chi connectivity index (χ1v) is 11.7. The summed E-state index contributed by atoms with van der Waals surface area (Å²) in [5.74, 6) is -0.217. The van der Waals surface area contributed by atoms with E-state index in [2.05, 4.69) is 10.0 Å². The minimum absolute atomic E-state index is 0.0290. The quantitative estimate of drug-likeness (QED) is 0.647. The third-order valence-electron chi connectivity index (χ3n) is 5.06. The van der Waals surface area contributed by atoms with E-state index >= 15 is 0 Å². The summed E-state index contributed by atoms with van der Waals surface area (Å²) >= 11 is 0. The molecule has 2 N–H and O–H groups in total. The summed E-state index contributed by atoms with van der Waals surface area (Å²) in [6.07, 6.45) is 0.0742. The van der Waals surface area contributed by atoms with Crippen LogP contribution in [0.1, 0.15) is 22.3 Å². The lowest BCUT2D eigenvalue weighted by Crippen LogP contribution is -2.51. The molecular weight excluding hydrogens is 430 g/mol. The highest BCUT2D eigenvalue weighted by Crippen LogP contribution is 2.15. The molecule has 0 atom stereocenters. The van der Waals surface area contributed by atoms with Crippen molar-refractivity contribution >= 4 is 27.6 Å². The van der Waals surface area contributed by atoms with Gasteiger partial charge in [0.05, 0.1) is 11.0 Å². The number of anilines is 1. The Morgan fingerprint density at radius 2 is 1.69 bits per heavy atom. The number of carbonyl (C=O) groups is 2. The van der Waals surface area contributed by atoms with E-state index in [1.165, 1.54) is 24.3 Å². The van der Waals surface area contributed by atoms with Gasteiger partial charge in [0.25, 0.3) is 5.91 Å². The maximum absolute atomic E-state index is 12.8. The number of nitriles is 1. The molecule has 168 valence electrons. The summed E-state index contributed by atoms with van der Waals surface area (Å²) < 4.78 is 26.7. The maximum atomic E-state index is 12.8. The predicted octanol–water partition coefficient (Wildman–Crippen LogP) is 2.18. The molecule has 1 fully saturated rings. The van der Waals surface area contributed by atoms with Crippen LogP contribution < -0.4 is 10.0 Å². The third kappa shape index (κ3) is 5.84. The molecule has 0 bridgehead atoms. The Morgan fingerprint density at radius 3 is 2.31 bits per heavy atom. The van der Waals surface area contributed by atoms with Crippen LogP contribution in [-0.4, -0.2) is 62.9 Å². The summed E-state index contributed by atoms with van der Waals surface area (Å²) in [6, 6.07) is 14.9. The number of benzene rings is 2. The van der Waals surface area contributed by atoms with E-state index in [1.54, 1.807) is 9.80 Å². The van der Waals surface area contributed by atoms with Gasteiger partial charge >= 0.3 is 6.03 Å². The van der Waals surface area contributed by atoms with Crippen LogP contribution in [0.4, 0.5) is 10.5 Å². The van der Waals surface area contributed by atoms with Gasteiger partial charge in [-0.2, -0.15) is 5.26 Å². The lowest BCUT2D eigenvalue weighted by atomic mass is 10.2. The molecule has 0 spiro atoms. The number of hydrogen-bond donors (Lipinski definition) is 2. The van der Waals surface area contributed by atoms with Crippen LogP contribution in [0.25, 0.3) is 0 Å². The van der Waals surface area contributed by atoms with E-state index in [1.807, 2.05) is 37.3 Å². The number of nitrogens with zero attached hydrogens (tertiary/aromatic N) is 3. The molecule has 0 saturated carbocycles. The molecule has 3 amide bonds. The number of hydrogen-bond acceptors (Lipinski definition) is 5. The second-order valence-electron chi connectivity index (χ2n) is 7.41. The molecule has 1 aliphatic heterocycles. The Labute approximate surface area is 187 Å². The molecule has 1 heterocycles. The fourth-order valence-corrected chi connectivity index (χ4v) is 4.35. The third-order valence-corrected chi connectivity index (χ3v) is 6.54. The predicted molar refractivity (Wildman–Crippen MR) is 120 cm³/mol. The number of aryl methyl sites for hydroxylation is 1. The average molecular weight is 456 g/mol. The first-order chi connectivity index (χ1) is 15.3. The maximum Gasteiger partial charge on any atom is 0.321 e. The van der Waals surface area contributed by atoms with Gasteiger partial charge in [0.1, 0.15) is 0 Å². The largest absolute Gasteiger partial charge is 0.335 e. The van der Waals surface area contributed by atoms with E-state index in [9.17, 15) is 18.0 Å². The fourth-order valence-electron chi connectivity index (χ4n) is 3.32. The van der Waals surface area contributed by atoms with Gasteiger partial charge in [0, 0.05) is 50.4 Å².